The first-order valence-corrected chi connectivity index (χ1v) is 5.76. The van der Waals surface area contributed by atoms with E-state index in [9.17, 15) is 4.79 Å². The summed E-state index contributed by atoms with van der Waals surface area (Å²) < 4.78 is 10.5. The van der Waals surface area contributed by atoms with E-state index in [4.69, 9.17) is 15.2 Å². The first-order valence-electron chi connectivity index (χ1n) is 5.76. The van der Waals surface area contributed by atoms with Crippen LogP contribution in [-0.4, -0.2) is 11.0 Å². The van der Waals surface area contributed by atoms with Crippen LogP contribution in [0.3, 0.4) is 0 Å². The third-order valence-corrected chi connectivity index (χ3v) is 2.29. The summed E-state index contributed by atoms with van der Waals surface area (Å²) in [6, 6.07) is 12.8. The van der Waals surface area contributed by atoms with Crippen LogP contribution in [0.4, 0.5) is 5.82 Å². The molecule has 5 nitrogen and oxygen atoms in total. The van der Waals surface area contributed by atoms with Crippen LogP contribution in [0, 0.1) is 0 Å². The van der Waals surface area contributed by atoms with Crippen molar-refractivity contribution in [3.63, 3.8) is 0 Å². The minimum atomic E-state index is -0.452. The molecule has 0 aliphatic rings. The highest BCUT2D eigenvalue weighted by Gasteiger charge is 2.05. The number of esters is 1. The predicted molar refractivity (Wildman–Crippen MR) is 70.7 cm³/mol. The number of aromatic nitrogens is 1. The fraction of sp³-hybridized carbons (Fsp3) is 0.143. The number of nitrogens with zero attached hydrogens (tertiary/aromatic N) is 1. The van der Waals surface area contributed by atoms with E-state index in [-0.39, 0.29) is 11.7 Å². The van der Waals surface area contributed by atoms with Crippen molar-refractivity contribution in [2.75, 3.05) is 5.73 Å². The molecule has 98 valence electrons. The second-order valence-corrected chi connectivity index (χ2v) is 3.93. The fourth-order valence-electron chi connectivity index (χ4n) is 1.52. The van der Waals surface area contributed by atoms with Gasteiger partial charge in [-0.15, -0.1) is 0 Å². The van der Waals surface area contributed by atoms with Gasteiger partial charge in [-0.2, -0.15) is 4.98 Å². The van der Waals surface area contributed by atoms with E-state index >= 15 is 0 Å². The molecule has 0 atom stereocenters. The number of nitrogens with two attached hydrogens (primary N) is 1. The first kappa shape index (κ1) is 12.9. The zero-order valence-corrected chi connectivity index (χ0v) is 10.5. The number of anilines is 1. The van der Waals surface area contributed by atoms with Gasteiger partial charge >= 0.3 is 5.97 Å². The molecule has 19 heavy (non-hydrogen) atoms. The van der Waals surface area contributed by atoms with Gasteiger partial charge in [-0.3, -0.25) is 4.79 Å². The molecule has 0 bridgehead atoms. The second-order valence-electron chi connectivity index (χ2n) is 3.93. The molecule has 2 aromatic rings. The summed E-state index contributed by atoms with van der Waals surface area (Å²) in [4.78, 5) is 14.8. The van der Waals surface area contributed by atoms with Gasteiger partial charge in [0.25, 0.3) is 0 Å². The number of benzene rings is 1. The lowest BCUT2D eigenvalue weighted by molar-refractivity contribution is -0.132. The van der Waals surface area contributed by atoms with Gasteiger partial charge in [-0.1, -0.05) is 30.3 Å². The quantitative estimate of drug-likeness (QED) is 0.851. The van der Waals surface area contributed by atoms with Crippen molar-refractivity contribution in [2.45, 2.75) is 13.5 Å². The molecule has 2 N–H and O–H groups in total. The van der Waals surface area contributed by atoms with Gasteiger partial charge in [-0.05, 0) is 5.56 Å². The Morgan fingerprint density at radius 2 is 2.00 bits per heavy atom. The maximum atomic E-state index is 10.9. The average Bonchev–Trinajstić information content (AvgIpc) is 2.36. The van der Waals surface area contributed by atoms with Crippen LogP contribution in [-0.2, 0) is 11.4 Å². The van der Waals surface area contributed by atoms with Gasteiger partial charge in [-0.25, -0.2) is 0 Å². The number of nitrogen functional groups attached to an aromatic ring is 1. The number of ether oxygens (including phenoxy) is 2. The van der Waals surface area contributed by atoms with Crippen molar-refractivity contribution >= 4 is 11.8 Å². The topological polar surface area (TPSA) is 74.4 Å². The molecule has 5 heteroatoms. The standard InChI is InChI=1S/C14H14N2O3/c1-10(17)19-14-8-12(7-13(15)16-14)18-9-11-5-3-2-4-6-11/h2-8H,9H2,1H3,(H2,15,16). The average molecular weight is 258 g/mol. The zero-order valence-electron chi connectivity index (χ0n) is 10.5. The van der Waals surface area contributed by atoms with E-state index in [1.807, 2.05) is 30.3 Å². The van der Waals surface area contributed by atoms with Crippen molar-refractivity contribution in [3.05, 3.63) is 48.0 Å². The number of rotatable bonds is 4. The molecule has 0 aliphatic carbocycles. The van der Waals surface area contributed by atoms with E-state index in [2.05, 4.69) is 4.98 Å². The molecule has 0 radical (unpaired) electrons. The van der Waals surface area contributed by atoms with E-state index in [1.54, 1.807) is 6.07 Å². The molecule has 0 unspecified atom stereocenters. The van der Waals surface area contributed by atoms with Crippen LogP contribution in [0.2, 0.25) is 0 Å². The second kappa shape index (κ2) is 5.86. The van der Waals surface area contributed by atoms with Gasteiger partial charge < -0.3 is 15.2 Å². The minimum Gasteiger partial charge on any atom is -0.489 e. The molecule has 0 amide bonds. The number of carbonyl (C=O) groups excluding carboxylic acids is 1. The number of hydrogen-bond acceptors (Lipinski definition) is 5. The maximum absolute atomic E-state index is 10.9. The largest absolute Gasteiger partial charge is 0.489 e. The van der Waals surface area contributed by atoms with E-state index in [0.29, 0.717) is 12.4 Å². The van der Waals surface area contributed by atoms with Gasteiger partial charge in [0.15, 0.2) is 0 Å². The number of carbonyl (C=O) groups is 1. The van der Waals surface area contributed by atoms with Crippen LogP contribution in [0.15, 0.2) is 42.5 Å². The molecule has 0 spiro atoms. The van der Waals surface area contributed by atoms with Gasteiger partial charge in [0.05, 0.1) is 0 Å². The Balaban J connectivity index is 2.07. The van der Waals surface area contributed by atoms with Crippen LogP contribution in [0.25, 0.3) is 0 Å². The summed E-state index contributed by atoms with van der Waals surface area (Å²) in [7, 11) is 0. The van der Waals surface area contributed by atoms with Crippen molar-refractivity contribution in [2.24, 2.45) is 0 Å². The Morgan fingerprint density at radius 3 is 2.68 bits per heavy atom. The lowest BCUT2D eigenvalue weighted by Crippen LogP contribution is -2.05. The molecule has 1 aromatic heterocycles. The summed E-state index contributed by atoms with van der Waals surface area (Å²) in [5, 5.41) is 0. The Bertz CT molecular complexity index is 570. The molecular weight excluding hydrogens is 244 g/mol. The third-order valence-electron chi connectivity index (χ3n) is 2.29. The monoisotopic (exact) mass is 258 g/mol. The Morgan fingerprint density at radius 1 is 1.26 bits per heavy atom. The summed E-state index contributed by atoms with van der Waals surface area (Å²) in [5.74, 6) is 0.428. The highest BCUT2D eigenvalue weighted by molar-refractivity contribution is 5.69. The Kier molecular flexibility index (Phi) is 3.97. The van der Waals surface area contributed by atoms with Crippen molar-refractivity contribution < 1.29 is 14.3 Å². The summed E-state index contributed by atoms with van der Waals surface area (Å²) in [5.41, 5.74) is 6.66. The van der Waals surface area contributed by atoms with E-state index in [1.165, 1.54) is 13.0 Å². The third kappa shape index (κ3) is 3.99. The fourth-order valence-corrected chi connectivity index (χ4v) is 1.52. The van der Waals surface area contributed by atoms with Crippen molar-refractivity contribution in [1.29, 1.82) is 0 Å². The molecule has 0 saturated heterocycles. The van der Waals surface area contributed by atoms with Crippen LogP contribution in [0.5, 0.6) is 11.6 Å². The highest BCUT2D eigenvalue weighted by atomic mass is 16.5. The molecule has 1 aromatic carbocycles. The smallest absolute Gasteiger partial charge is 0.309 e. The van der Waals surface area contributed by atoms with Crippen molar-refractivity contribution in [3.8, 4) is 11.6 Å². The van der Waals surface area contributed by atoms with Gasteiger partial charge in [0.1, 0.15) is 18.2 Å². The molecular formula is C14H14N2O3. The molecule has 0 saturated carbocycles. The van der Waals surface area contributed by atoms with Crippen molar-refractivity contribution in [1.82, 2.24) is 4.98 Å². The van der Waals surface area contributed by atoms with E-state index in [0.717, 1.165) is 5.56 Å². The summed E-state index contributed by atoms with van der Waals surface area (Å²) >= 11 is 0. The van der Waals surface area contributed by atoms with Gasteiger partial charge in [0.2, 0.25) is 5.88 Å². The van der Waals surface area contributed by atoms with Crippen LogP contribution >= 0.6 is 0 Å². The molecule has 0 fully saturated rings. The minimum absolute atomic E-state index is 0.135. The van der Waals surface area contributed by atoms with Crippen LogP contribution in [0.1, 0.15) is 12.5 Å². The maximum Gasteiger partial charge on any atom is 0.309 e. The lowest BCUT2D eigenvalue weighted by atomic mass is 10.2. The first-order chi connectivity index (χ1) is 9.13. The van der Waals surface area contributed by atoms with Crippen LogP contribution < -0.4 is 15.2 Å². The Hall–Kier alpha value is -2.56. The summed E-state index contributed by atoms with van der Waals surface area (Å²) in [6.45, 7) is 1.71. The Labute approximate surface area is 111 Å². The highest BCUT2D eigenvalue weighted by Crippen LogP contribution is 2.21. The molecule has 1 heterocycles. The molecule has 0 aliphatic heterocycles. The summed E-state index contributed by atoms with van der Waals surface area (Å²) in [6.07, 6.45) is 0. The number of hydrogen-bond donors (Lipinski definition) is 1. The normalized spacial score (nSPS) is 9.95. The lowest BCUT2D eigenvalue weighted by Gasteiger charge is -2.08. The predicted octanol–water partition coefficient (Wildman–Crippen LogP) is 2.17. The SMILES string of the molecule is CC(=O)Oc1cc(OCc2ccccc2)cc(N)n1. The van der Waals surface area contributed by atoms with E-state index < -0.39 is 5.97 Å². The number of pyridine rings is 1. The zero-order chi connectivity index (χ0) is 13.7. The molecule has 2 rings (SSSR count). The van der Waals surface area contributed by atoms with Gasteiger partial charge in [0, 0.05) is 19.1 Å².